The summed E-state index contributed by atoms with van der Waals surface area (Å²) in [6, 6.07) is 6.25. The monoisotopic (exact) mass is 218 g/mol. The summed E-state index contributed by atoms with van der Waals surface area (Å²) < 4.78 is 5.04. The predicted octanol–water partition coefficient (Wildman–Crippen LogP) is 1.88. The molecule has 0 unspecified atom stereocenters. The van der Waals surface area contributed by atoms with Crippen LogP contribution in [-0.2, 0) is 6.42 Å². The molecule has 0 saturated heterocycles. The molecule has 2 aromatic rings. The number of hydrogen-bond donors (Lipinski definition) is 1. The molecule has 5 nitrogen and oxygen atoms in total. The summed E-state index contributed by atoms with van der Waals surface area (Å²) in [5.41, 5.74) is 0.936. The second kappa shape index (κ2) is 5.25. The van der Waals surface area contributed by atoms with Gasteiger partial charge in [0.1, 0.15) is 0 Å². The molecule has 84 valence electrons. The lowest BCUT2D eigenvalue weighted by Gasteiger charge is -1.94. The Bertz CT molecular complexity index is 427. The third-order valence-corrected chi connectivity index (χ3v) is 2.06. The highest BCUT2D eigenvalue weighted by atomic mass is 16.5. The van der Waals surface area contributed by atoms with Gasteiger partial charge >= 0.3 is 6.01 Å². The molecule has 0 bridgehead atoms. The van der Waals surface area contributed by atoms with E-state index in [4.69, 9.17) is 4.52 Å². The van der Waals surface area contributed by atoms with Crippen LogP contribution in [0.2, 0.25) is 0 Å². The Balaban J connectivity index is 1.97. The van der Waals surface area contributed by atoms with Gasteiger partial charge in [-0.05, 0) is 18.6 Å². The lowest BCUT2D eigenvalue weighted by Crippen LogP contribution is -2.00. The molecule has 0 aromatic carbocycles. The molecule has 0 saturated carbocycles. The van der Waals surface area contributed by atoms with Gasteiger partial charge in [-0.15, -0.1) is 0 Å². The van der Waals surface area contributed by atoms with E-state index in [1.807, 2.05) is 18.2 Å². The highest BCUT2D eigenvalue weighted by molar-refractivity contribution is 5.19. The van der Waals surface area contributed by atoms with Crippen molar-refractivity contribution < 1.29 is 4.52 Å². The van der Waals surface area contributed by atoms with Gasteiger partial charge in [-0.1, -0.05) is 18.1 Å². The summed E-state index contributed by atoms with van der Waals surface area (Å²) >= 11 is 0. The van der Waals surface area contributed by atoms with Crippen molar-refractivity contribution in [3.8, 4) is 0 Å². The van der Waals surface area contributed by atoms with Crippen molar-refractivity contribution in [2.45, 2.75) is 19.8 Å². The summed E-state index contributed by atoms with van der Waals surface area (Å²) in [5, 5.41) is 6.92. The number of rotatable bonds is 5. The fourth-order valence-electron chi connectivity index (χ4n) is 1.29. The molecule has 0 aliphatic rings. The molecule has 0 aliphatic heterocycles. The minimum absolute atomic E-state index is 0.479. The molecule has 0 atom stereocenters. The van der Waals surface area contributed by atoms with Crippen LogP contribution in [0.1, 0.15) is 24.9 Å². The van der Waals surface area contributed by atoms with Crippen LogP contribution >= 0.6 is 0 Å². The van der Waals surface area contributed by atoms with E-state index in [9.17, 15) is 0 Å². The normalized spacial score (nSPS) is 10.3. The van der Waals surface area contributed by atoms with E-state index in [1.165, 1.54) is 0 Å². The highest BCUT2D eigenvalue weighted by Gasteiger charge is 2.06. The van der Waals surface area contributed by atoms with Crippen LogP contribution in [0.4, 0.5) is 6.01 Å². The molecule has 5 heteroatoms. The molecule has 0 fully saturated rings. The van der Waals surface area contributed by atoms with Crippen molar-refractivity contribution in [2.75, 3.05) is 11.9 Å². The van der Waals surface area contributed by atoms with Crippen LogP contribution in [0.15, 0.2) is 28.9 Å². The van der Waals surface area contributed by atoms with Gasteiger partial charge in [0.05, 0.1) is 6.42 Å². The number of anilines is 1. The summed E-state index contributed by atoms with van der Waals surface area (Å²) in [4.78, 5) is 8.42. The van der Waals surface area contributed by atoms with Crippen molar-refractivity contribution in [1.29, 1.82) is 0 Å². The van der Waals surface area contributed by atoms with E-state index < -0.39 is 0 Å². The third-order valence-electron chi connectivity index (χ3n) is 2.06. The summed E-state index contributed by atoms with van der Waals surface area (Å²) in [5.74, 6) is 0.650. The minimum atomic E-state index is 0.479. The standard InChI is InChI=1S/C11H14N4O/c1-2-6-13-11-14-10(15-16-11)8-9-5-3-4-7-12-9/h3-5,7H,2,6,8H2,1H3,(H,13,14,15). The van der Waals surface area contributed by atoms with Crippen LogP contribution in [0.3, 0.4) is 0 Å². The van der Waals surface area contributed by atoms with E-state index in [2.05, 4.69) is 27.4 Å². The first-order valence-corrected chi connectivity index (χ1v) is 5.35. The van der Waals surface area contributed by atoms with E-state index in [1.54, 1.807) is 6.20 Å². The van der Waals surface area contributed by atoms with E-state index in [0.717, 1.165) is 18.7 Å². The molecule has 0 aliphatic carbocycles. The van der Waals surface area contributed by atoms with Crippen LogP contribution in [0.25, 0.3) is 0 Å². The zero-order valence-electron chi connectivity index (χ0n) is 9.18. The maximum Gasteiger partial charge on any atom is 0.321 e. The highest BCUT2D eigenvalue weighted by Crippen LogP contribution is 2.07. The molecule has 0 spiro atoms. The lowest BCUT2D eigenvalue weighted by atomic mass is 10.3. The Morgan fingerprint density at radius 1 is 1.38 bits per heavy atom. The summed E-state index contributed by atoms with van der Waals surface area (Å²) in [6.07, 6.45) is 3.38. The lowest BCUT2D eigenvalue weighted by molar-refractivity contribution is 0.423. The van der Waals surface area contributed by atoms with Gasteiger partial charge in [-0.3, -0.25) is 4.98 Å². The second-order valence-electron chi connectivity index (χ2n) is 3.44. The molecule has 2 rings (SSSR count). The Kier molecular flexibility index (Phi) is 3.48. The Morgan fingerprint density at radius 3 is 3.06 bits per heavy atom. The number of nitrogens with one attached hydrogen (secondary N) is 1. The van der Waals surface area contributed by atoms with Crippen molar-refractivity contribution in [3.63, 3.8) is 0 Å². The van der Waals surface area contributed by atoms with Crippen molar-refractivity contribution in [2.24, 2.45) is 0 Å². The van der Waals surface area contributed by atoms with E-state index in [0.29, 0.717) is 18.3 Å². The molecular weight excluding hydrogens is 204 g/mol. The average molecular weight is 218 g/mol. The summed E-state index contributed by atoms with van der Waals surface area (Å²) in [7, 11) is 0. The largest absolute Gasteiger partial charge is 0.338 e. The van der Waals surface area contributed by atoms with Gasteiger partial charge in [0.2, 0.25) is 0 Å². The van der Waals surface area contributed by atoms with Crippen LogP contribution in [0.5, 0.6) is 0 Å². The Labute approximate surface area is 93.9 Å². The van der Waals surface area contributed by atoms with Crippen LogP contribution in [-0.4, -0.2) is 21.7 Å². The van der Waals surface area contributed by atoms with Gasteiger partial charge in [-0.2, -0.15) is 4.98 Å². The number of pyridine rings is 1. The topological polar surface area (TPSA) is 63.8 Å². The van der Waals surface area contributed by atoms with Gasteiger partial charge in [-0.25, -0.2) is 0 Å². The predicted molar refractivity (Wildman–Crippen MR) is 60.1 cm³/mol. The zero-order valence-corrected chi connectivity index (χ0v) is 9.18. The molecule has 0 amide bonds. The van der Waals surface area contributed by atoms with Crippen molar-refractivity contribution in [3.05, 3.63) is 35.9 Å². The fraction of sp³-hybridized carbons (Fsp3) is 0.364. The minimum Gasteiger partial charge on any atom is -0.338 e. The smallest absolute Gasteiger partial charge is 0.321 e. The average Bonchev–Trinajstić information content (AvgIpc) is 2.75. The first-order valence-electron chi connectivity index (χ1n) is 5.35. The molecule has 2 heterocycles. The van der Waals surface area contributed by atoms with Crippen molar-refractivity contribution >= 4 is 6.01 Å². The van der Waals surface area contributed by atoms with E-state index >= 15 is 0 Å². The molecule has 2 aromatic heterocycles. The first-order chi connectivity index (χ1) is 7.88. The van der Waals surface area contributed by atoms with Crippen molar-refractivity contribution in [1.82, 2.24) is 15.1 Å². The van der Waals surface area contributed by atoms with Gasteiger partial charge in [0.25, 0.3) is 0 Å². The maximum atomic E-state index is 5.04. The first kappa shape index (κ1) is 10.6. The second-order valence-corrected chi connectivity index (χ2v) is 3.44. The number of hydrogen-bond acceptors (Lipinski definition) is 5. The maximum absolute atomic E-state index is 5.04. The SMILES string of the molecule is CCCNc1nc(Cc2ccccn2)no1. The number of aromatic nitrogens is 3. The molecule has 16 heavy (non-hydrogen) atoms. The van der Waals surface area contributed by atoms with Crippen LogP contribution < -0.4 is 5.32 Å². The number of nitrogens with zero attached hydrogens (tertiary/aromatic N) is 3. The van der Waals surface area contributed by atoms with Gasteiger partial charge in [0.15, 0.2) is 5.82 Å². The van der Waals surface area contributed by atoms with Gasteiger partial charge in [0, 0.05) is 18.4 Å². The quantitative estimate of drug-likeness (QED) is 0.830. The third kappa shape index (κ3) is 2.79. The molecular formula is C11H14N4O. The Morgan fingerprint density at radius 2 is 2.31 bits per heavy atom. The van der Waals surface area contributed by atoms with E-state index in [-0.39, 0.29) is 0 Å². The summed E-state index contributed by atoms with van der Waals surface area (Å²) in [6.45, 7) is 2.92. The molecule has 0 radical (unpaired) electrons. The van der Waals surface area contributed by atoms with Crippen LogP contribution in [0, 0.1) is 0 Å². The Hall–Kier alpha value is -1.91. The zero-order chi connectivity index (χ0) is 11.2. The fourth-order valence-corrected chi connectivity index (χ4v) is 1.29. The van der Waals surface area contributed by atoms with Gasteiger partial charge < -0.3 is 9.84 Å². The molecule has 1 N–H and O–H groups in total.